The Labute approximate surface area is 334 Å². The number of aryl methyl sites for hydroxylation is 6. The van der Waals surface area contributed by atoms with Crippen molar-refractivity contribution in [3.05, 3.63) is 184 Å². The molecule has 3 nitrogen and oxygen atoms in total. The number of benzene rings is 5. The third kappa shape index (κ3) is 7.69. The van der Waals surface area contributed by atoms with Gasteiger partial charge in [0.1, 0.15) is 0 Å². The molecule has 5 aromatic carbocycles. The van der Waals surface area contributed by atoms with Gasteiger partial charge in [-0.25, -0.2) is 0 Å². The van der Waals surface area contributed by atoms with Gasteiger partial charge < -0.3 is 15.0 Å². The van der Waals surface area contributed by atoms with Gasteiger partial charge in [0, 0.05) is 18.6 Å². The summed E-state index contributed by atoms with van der Waals surface area (Å²) in [6.07, 6.45) is 5.76. The molecule has 9 rings (SSSR count). The Hall–Kier alpha value is -5.28. The average molecular weight is 879 g/mol. The fourth-order valence-corrected chi connectivity index (χ4v) is 6.90. The zero-order valence-corrected chi connectivity index (χ0v) is 34.6. The van der Waals surface area contributed by atoms with E-state index in [2.05, 4.69) is 168 Å². The molecule has 0 atom stereocenters. The van der Waals surface area contributed by atoms with Crippen molar-refractivity contribution >= 4 is 21.5 Å². The van der Waals surface area contributed by atoms with Crippen molar-refractivity contribution in [1.82, 2.24) is 15.0 Å². The van der Waals surface area contributed by atoms with Crippen LogP contribution in [0.1, 0.15) is 58.4 Å². The number of hydrogen-bond acceptors (Lipinski definition) is 3. The van der Waals surface area contributed by atoms with Crippen LogP contribution in [0.15, 0.2) is 122 Å². The fourth-order valence-electron chi connectivity index (χ4n) is 6.90. The maximum absolute atomic E-state index is 4.72. The fraction of sp³-hybridized carbons (Fsp3) is 0.180. The minimum Gasteiger partial charge on any atom is -0.304 e. The van der Waals surface area contributed by atoms with Gasteiger partial charge in [-0.2, -0.15) is 0 Å². The van der Waals surface area contributed by atoms with Gasteiger partial charge in [0.2, 0.25) is 0 Å². The Balaban J connectivity index is 0.000000143. The van der Waals surface area contributed by atoms with Gasteiger partial charge in [-0.1, -0.05) is 81.3 Å². The van der Waals surface area contributed by atoms with Gasteiger partial charge in [0.05, 0.1) is 0 Å². The van der Waals surface area contributed by atoms with Gasteiger partial charge in [-0.15, -0.1) is 106 Å². The monoisotopic (exact) mass is 879 g/mol. The van der Waals surface area contributed by atoms with Gasteiger partial charge in [-0.3, -0.25) is 0 Å². The number of pyridine rings is 3. The van der Waals surface area contributed by atoms with E-state index in [1.165, 1.54) is 66.1 Å². The molecule has 0 N–H and O–H groups in total. The molecule has 0 unspecified atom stereocenters. The molecule has 4 heteroatoms. The Morgan fingerprint density at radius 1 is 0.537 bits per heavy atom. The second kappa shape index (κ2) is 16.0. The summed E-state index contributed by atoms with van der Waals surface area (Å²) in [5.41, 5.74) is 16.4. The first-order chi connectivity index (χ1) is 25.5. The van der Waals surface area contributed by atoms with Gasteiger partial charge in [0.25, 0.3) is 0 Å². The molecular formula is C50H44IrN3. The topological polar surface area (TPSA) is 38.7 Å². The Kier molecular flexibility index (Phi) is 11.4. The Morgan fingerprint density at radius 3 is 1.69 bits per heavy atom. The van der Waals surface area contributed by atoms with Crippen molar-refractivity contribution in [3.8, 4) is 33.8 Å². The van der Waals surface area contributed by atoms with E-state index in [1.807, 2.05) is 36.8 Å². The van der Waals surface area contributed by atoms with Gasteiger partial charge >= 0.3 is 20.1 Å². The largest absolute Gasteiger partial charge is 3.00 e. The average Bonchev–Trinajstić information content (AvgIpc) is 3.17. The van der Waals surface area contributed by atoms with E-state index in [1.54, 1.807) is 0 Å². The molecular weight excluding hydrogens is 835 g/mol. The van der Waals surface area contributed by atoms with E-state index < -0.39 is 0 Å². The van der Waals surface area contributed by atoms with Crippen LogP contribution in [0, 0.1) is 59.7 Å². The van der Waals surface area contributed by atoms with Crippen LogP contribution in [0.2, 0.25) is 0 Å². The Bertz CT molecular complexity index is 2490. The van der Waals surface area contributed by atoms with Crippen molar-refractivity contribution < 1.29 is 20.1 Å². The first-order valence-corrected chi connectivity index (χ1v) is 18.2. The van der Waals surface area contributed by atoms with Crippen LogP contribution in [0.5, 0.6) is 0 Å². The van der Waals surface area contributed by atoms with Gasteiger partial charge in [0.15, 0.2) is 0 Å². The number of nitrogens with zero attached hydrogens (tertiary/aromatic N) is 3. The third-order valence-electron chi connectivity index (χ3n) is 10.4. The molecule has 0 saturated carbocycles. The van der Waals surface area contributed by atoms with Crippen LogP contribution in [0.4, 0.5) is 0 Å². The summed E-state index contributed by atoms with van der Waals surface area (Å²) in [4.78, 5) is 13.5. The van der Waals surface area contributed by atoms with E-state index in [0.717, 1.165) is 33.8 Å². The van der Waals surface area contributed by atoms with Crippen LogP contribution < -0.4 is 0 Å². The predicted octanol–water partition coefficient (Wildman–Crippen LogP) is 12.4. The summed E-state index contributed by atoms with van der Waals surface area (Å²) in [6.45, 7) is 17.1. The summed E-state index contributed by atoms with van der Waals surface area (Å²) in [5.74, 6) is 0. The molecule has 0 spiro atoms. The summed E-state index contributed by atoms with van der Waals surface area (Å²) < 4.78 is 0. The minimum atomic E-state index is -0.0502. The molecule has 1 aliphatic rings. The second-order valence-electron chi connectivity index (χ2n) is 14.7. The molecule has 0 bridgehead atoms. The van der Waals surface area contributed by atoms with Gasteiger partial charge in [-0.05, 0) is 94.5 Å². The number of fused-ring (bicyclic) bond motifs is 4. The number of aromatic nitrogens is 3. The van der Waals surface area contributed by atoms with E-state index in [0.29, 0.717) is 0 Å². The molecule has 54 heavy (non-hydrogen) atoms. The molecule has 3 heterocycles. The summed E-state index contributed by atoms with van der Waals surface area (Å²) in [6, 6.07) is 45.8. The summed E-state index contributed by atoms with van der Waals surface area (Å²) in [5, 5.41) is 5.17. The zero-order valence-electron chi connectivity index (χ0n) is 32.2. The Morgan fingerprint density at radius 2 is 1.13 bits per heavy atom. The molecule has 0 amide bonds. The first kappa shape index (κ1) is 38.4. The van der Waals surface area contributed by atoms with Crippen LogP contribution in [0.25, 0.3) is 55.3 Å². The summed E-state index contributed by atoms with van der Waals surface area (Å²) in [7, 11) is 0. The predicted molar refractivity (Wildman–Crippen MR) is 221 cm³/mol. The maximum Gasteiger partial charge on any atom is 3.00 e. The van der Waals surface area contributed by atoms with Crippen molar-refractivity contribution in [1.29, 1.82) is 0 Å². The molecule has 3 aromatic heterocycles. The van der Waals surface area contributed by atoms with E-state index in [9.17, 15) is 0 Å². The molecule has 268 valence electrons. The molecule has 0 fully saturated rings. The van der Waals surface area contributed by atoms with Crippen LogP contribution >= 0.6 is 0 Å². The van der Waals surface area contributed by atoms with E-state index in [-0.39, 0.29) is 25.5 Å². The SMILES string of the molecule is CC1(C)c2ccc[c-]c2-c2nccc3c2c1cc1ccccc13.Cc1c[c-]c(-c2cc(C)c(C)cn2)cc1.Cc1c[c-]c(-c2cc(C)c(C)cn2)cc1.[Ir+3]. The first-order valence-electron chi connectivity index (χ1n) is 18.2. The minimum absolute atomic E-state index is 0. The van der Waals surface area contributed by atoms with E-state index >= 15 is 0 Å². The van der Waals surface area contributed by atoms with Crippen molar-refractivity contribution in [3.63, 3.8) is 0 Å². The molecule has 1 aliphatic carbocycles. The molecule has 0 saturated heterocycles. The quantitative estimate of drug-likeness (QED) is 0.128. The summed E-state index contributed by atoms with van der Waals surface area (Å²) >= 11 is 0. The van der Waals surface area contributed by atoms with Crippen LogP contribution in [0.3, 0.4) is 0 Å². The van der Waals surface area contributed by atoms with Crippen molar-refractivity contribution in [2.75, 3.05) is 0 Å². The number of rotatable bonds is 2. The van der Waals surface area contributed by atoms with Crippen molar-refractivity contribution in [2.45, 2.75) is 60.8 Å². The van der Waals surface area contributed by atoms with E-state index in [4.69, 9.17) is 4.98 Å². The smallest absolute Gasteiger partial charge is 0.304 e. The normalized spacial score (nSPS) is 12.1. The molecule has 0 aliphatic heterocycles. The zero-order chi connectivity index (χ0) is 37.3. The maximum atomic E-state index is 4.72. The second-order valence-corrected chi connectivity index (χ2v) is 14.7. The van der Waals surface area contributed by atoms with Crippen LogP contribution in [-0.4, -0.2) is 15.0 Å². The van der Waals surface area contributed by atoms with Crippen molar-refractivity contribution in [2.24, 2.45) is 0 Å². The molecule has 8 aromatic rings. The third-order valence-corrected chi connectivity index (χ3v) is 10.4. The molecule has 0 radical (unpaired) electrons. The standard InChI is InChI=1S/C22H16N.2C14H14N.Ir/c1-22(2)18-10-6-5-9-17(18)21-20-16(11-12-23-21)15-8-4-3-7-14(15)13-19(20)22;2*1-10-4-6-13(7-5-10)14-8-11(2)12(3)9-15-14;/h3-8,10-13H,1-2H3;2*4-6,8-9H,1-3H3;/q3*-1;+3. The van der Waals surface area contributed by atoms with Crippen LogP contribution in [-0.2, 0) is 25.5 Å². The number of hydrogen-bond donors (Lipinski definition) is 0.